The molecule has 2 heterocycles. The molecule has 0 radical (unpaired) electrons. The Kier molecular flexibility index (Phi) is 5.80. The number of amides is 1. The summed E-state index contributed by atoms with van der Waals surface area (Å²) in [6, 6.07) is 3.59. The molecule has 0 bridgehead atoms. The van der Waals surface area contributed by atoms with E-state index in [1.807, 2.05) is 0 Å². The lowest BCUT2D eigenvalue weighted by atomic mass is 10.0. The predicted octanol–water partition coefficient (Wildman–Crippen LogP) is 2.06. The van der Waals surface area contributed by atoms with Gasteiger partial charge in [0.05, 0.1) is 12.2 Å². The topological polar surface area (TPSA) is 63.2 Å². The summed E-state index contributed by atoms with van der Waals surface area (Å²) in [4.78, 5) is 16.5. The molecule has 1 aromatic heterocycles. The first-order valence-electron chi connectivity index (χ1n) is 7.36. The van der Waals surface area contributed by atoms with Crippen LogP contribution in [0.4, 0.5) is 5.82 Å². The van der Waals surface area contributed by atoms with Crippen molar-refractivity contribution in [2.45, 2.75) is 26.2 Å². The summed E-state index contributed by atoms with van der Waals surface area (Å²) in [5.74, 6) is 1.02. The zero-order valence-electron chi connectivity index (χ0n) is 12.0. The van der Waals surface area contributed by atoms with E-state index in [1.54, 1.807) is 18.3 Å². The smallest absolute Gasteiger partial charge is 0.255 e. The van der Waals surface area contributed by atoms with Crippen LogP contribution < -0.4 is 10.6 Å². The average molecular weight is 277 g/mol. The Balaban J connectivity index is 1.90. The van der Waals surface area contributed by atoms with Gasteiger partial charge in [0.2, 0.25) is 0 Å². The van der Waals surface area contributed by atoms with Gasteiger partial charge in [0, 0.05) is 25.9 Å². The molecule has 1 aliphatic rings. The Hall–Kier alpha value is -1.62. The van der Waals surface area contributed by atoms with Gasteiger partial charge >= 0.3 is 0 Å². The number of carbonyl (C=O) groups excluding carboxylic acids is 1. The molecule has 110 valence electrons. The molecule has 1 aliphatic heterocycles. The van der Waals surface area contributed by atoms with Crippen LogP contribution in [0.15, 0.2) is 18.3 Å². The van der Waals surface area contributed by atoms with Crippen LogP contribution in [-0.2, 0) is 4.74 Å². The molecule has 0 spiro atoms. The molecule has 20 heavy (non-hydrogen) atoms. The monoisotopic (exact) mass is 277 g/mol. The lowest BCUT2D eigenvalue weighted by Crippen LogP contribution is -2.33. The quantitative estimate of drug-likeness (QED) is 0.835. The highest BCUT2D eigenvalue weighted by Gasteiger charge is 2.17. The van der Waals surface area contributed by atoms with Crippen molar-refractivity contribution >= 4 is 11.7 Å². The third kappa shape index (κ3) is 4.20. The van der Waals surface area contributed by atoms with Gasteiger partial charge in [-0.3, -0.25) is 4.79 Å². The number of hydrogen-bond acceptors (Lipinski definition) is 4. The number of hydrogen-bond donors (Lipinski definition) is 2. The zero-order chi connectivity index (χ0) is 14.2. The molecule has 1 aromatic rings. The van der Waals surface area contributed by atoms with Crippen molar-refractivity contribution in [1.29, 1.82) is 0 Å². The van der Waals surface area contributed by atoms with Crippen LogP contribution in [0.2, 0.25) is 0 Å². The molecule has 1 amide bonds. The van der Waals surface area contributed by atoms with Crippen LogP contribution in [0.25, 0.3) is 0 Å². The Morgan fingerprint density at radius 1 is 1.55 bits per heavy atom. The second kappa shape index (κ2) is 7.85. The van der Waals surface area contributed by atoms with Crippen LogP contribution in [0.1, 0.15) is 36.5 Å². The van der Waals surface area contributed by atoms with Gasteiger partial charge in [0.15, 0.2) is 0 Å². The van der Waals surface area contributed by atoms with E-state index < -0.39 is 0 Å². The van der Waals surface area contributed by atoms with Crippen molar-refractivity contribution in [2.75, 3.05) is 31.6 Å². The van der Waals surface area contributed by atoms with Gasteiger partial charge in [-0.05, 0) is 37.3 Å². The minimum Gasteiger partial charge on any atom is -0.381 e. The first-order valence-corrected chi connectivity index (χ1v) is 7.36. The van der Waals surface area contributed by atoms with Crippen molar-refractivity contribution in [2.24, 2.45) is 5.92 Å². The molecule has 1 saturated heterocycles. The van der Waals surface area contributed by atoms with Crippen LogP contribution in [0, 0.1) is 5.92 Å². The lowest BCUT2D eigenvalue weighted by Gasteiger charge is -2.22. The van der Waals surface area contributed by atoms with E-state index in [-0.39, 0.29) is 5.91 Å². The maximum absolute atomic E-state index is 12.2. The number of anilines is 1. The van der Waals surface area contributed by atoms with Gasteiger partial charge in [0.1, 0.15) is 5.82 Å². The highest BCUT2D eigenvalue weighted by atomic mass is 16.5. The molecule has 2 N–H and O–H groups in total. The molecule has 5 heteroatoms. The number of pyridine rings is 1. The van der Waals surface area contributed by atoms with Crippen molar-refractivity contribution in [3.63, 3.8) is 0 Å². The van der Waals surface area contributed by atoms with E-state index in [0.717, 1.165) is 39.0 Å². The Morgan fingerprint density at radius 3 is 3.20 bits per heavy atom. The minimum absolute atomic E-state index is 0.0673. The van der Waals surface area contributed by atoms with Crippen LogP contribution in [0.3, 0.4) is 0 Å². The summed E-state index contributed by atoms with van der Waals surface area (Å²) in [7, 11) is 0. The van der Waals surface area contributed by atoms with Gasteiger partial charge in [-0.1, -0.05) is 6.92 Å². The molecular weight excluding hydrogens is 254 g/mol. The number of nitrogens with zero attached hydrogens (tertiary/aromatic N) is 1. The molecule has 1 unspecified atom stereocenters. The lowest BCUT2D eigenvalue weighted by molar-refractivity contribution is 0.0536. The van der Waals surface area contributed by atoms with Crippen LogP contribution in [-0.4, -0.2) is 37.2 Å². The Bertz CT molecular complexity index is 431. The van der Waals surface area contributed by atoms with Crippen molar-refractivity contribution in [3.8, 4) is 0 Å². The SMILES string of the molecule is CCCNc1ncccc1C(=O)NCC1CCCOC1. The highest BCUT2D eigenvalue weighted by molar-refractivity contribution is 5.98. The fourth-order valence-electron chi connectivity index (χ4n) is 2.27. The molecule has 1 atom stereocenters. The molecule has 0 aromatic carbocycles. The Morgan fingerprint density at radius 2 is 2.45 bits per heavy atom. The third-order valence-electron chi connectivity index (χ3n) is 3.40. The minimum atomic E-state index is -0.0673. The van der Waals surface area contributed by atoms with E-state index in [4.69, 9.17) is 4.74 Å². The third-order valence-corrected chi connectivity index (χ3v) is 3.40. The van der Waals surface area contributed by atoms with Crippen LogP contribution >= 0.6 is 0 Å². The van der Waals surface area contributed by atoms with Crippen molar-refractivity contribution in [3.05, 3.63) is 23.9 Å². The fraction of sp³-hybridized carbons (Fsp3) is 0.600. The number of aromatic nitrogens is 1. The molecule has 0 aliphatic carbocycles. The van der Waals surface area contributed by atoms with E-state index in [9.17, 15) is 4.79 Å². The predicted molar refractivity (Wildman–Crippen MR) is 78.9 cm³/mol. The molecule has 1 fully saturated rings. The summed E-state index contributed by atoms with van der Waals surface area (Å²) in [5.41, 5.74) is 0.609. The second-order valence-corrected chi connectivity index (χ2v) is 5.12. The number of rotatable bonds is 6. The summed E-state index contributed by atoms with van der Waals surface area (Å²) in [6.07, 6.45) is 4.89. The molecule has 5 nitrogen and oxygen atoms in total. The van der Waals surface area contributed by atoms with E-state index >= 15 is 0 Å². The average Bonchev–Trinajstić information content (AvgIpc) is 2.52. The van der Waals surface area contributed by atoms with Crippen LogP contribution in [0.5, 0.6) is 0 Å². The zero-order valence-corrected chi connectivity index (χ0v) is 12.0. The van der Waals surface area contributed by atoms with Crippen molar-refractivity contribution < 1.29 is 9.53 Å². The van der Waals surface area contributed by atoms with Gasteiger partial charge < -0.3 is 15.4 Å². The first-order chi connectivity index (χ1) is 9.81. The van der Waals surface area contributed by atoms with E-state index in [0.29, 0.717) is 23.8 Å². The maximum Gasteiger partial charge on any atom is 0.255 e. The first kappa shape index (κ1) is 14.8. The number of ether oxygens (including phenoxy) is 1. The number of nitrogens with one attached hydrogen (secondary N) is 2. The van der Waals surface area contributed by atoms with E-state index in [2.05, 4.69) is 22.5 Å². The summed E-state index contributed by atoms with van der Waals surface area (Å²) >= 11 is 0. The highest BCUT2D eigenvalue weighted by Crippen LogP contribution is 2.14. The Labute approximate surface area is 120 Å². The molecule has 0 saturated carbocycles. The summed E-state index contributed by atoms with van der Waals surface area (Å²) in [6.45, 7) is 5.15. The van der Waals surface area contributed by atoms with Gasteiger partial charge in [-0.25, -0.2) is 4.98 Å². The summed E-state index contributed by atoms with van der Waals surface area (Å²) < 4.78 is 5.42. The standard InChI is InChI=1S/C15H23N3O2/c1-2-7-16-14-13(6-3-8-17-14)15(19)18-10-12-5-4-9-20-11-12/h3,6,8,12H,2,4-5,7,9-11H2,1H3,(H,16,17)(H,18,19). The largest absolute Gasteiger partial charge is 0.381 e. The fourth-order valence-corrected chi connectivity index (χ4v) is 2.27. The molecule has 2 rings (SSSR count). The van der Waals surface area contributed by atoms with Crippen molar-refractivity contribution in [1.82, 2.24) is 10.3 Å². The number of carbonyl (C=O) groups is 1. The summed E-state index contributed by atoms with van der Waals surface area (Å²) in [5, 5.41) is 6.17. The second-order valence-electron chi connectivity index (χ2n) is 5.12. The van der Waals surface area contributed by atoms with Gasteiger partial charge in [0.25, 0.3) is 5.91 Å². The van der Waals surface area contributed by atoms with Gasteiger partial charge in [-0.15, -0.1) is 0 Å². The molecular formula is C15H23N3O2. The maximum atomic E-state index is 12.2. The normalized spacial score (nSPS) is 18.6. The van der Waals surface area contributed by atoms with E-state index in [1.165, 1.54) is 0 Å². The van der Waals surface area contributed by atoms with Gasteiger partial charge in [-0.2, -0.15) is 0 Å².